The van der Waals surface area contributed by atoms with Gasteiger partial charge in [-0.05, 0) is 32.4 Å². The minimum Gasteiger partial charge on any atom is -0.478 e. The number of nitrogens with one attached hydrogen (secondary N) is 1. The molecule has 2 rings (SSSR count). The second kappa shape index (κ2) is 6.00. The van der Waals surface area contributed by atoms with Gasteiger partial charge in [0.2, 0.25) is 0 Å². The molecule has 2 unspecified atom stereocenters. The van der Waals surface area contributed by atoms with Crippen molar-refractivity contribution in [1.82, 2.24) is 10.3 Å². The zero-order valence-corrected chi connectivity index (χ0v) is 11.5. The zero-order chi connectivity index (χ0) is 14.7. The Balaban J connectivity index is 1.99. The molecule has 1 aromatic heterocycles. The summed E-state index contributed by atoms with van der Waals surface area (Å²) >= 11 is 0. The summed E-state index contributed by atoms with van der Waals surface area (Å²) in [6, 6.07) is 2.83. The number of amides is 1. The van der Waals surface area contributed by atoms with Crippen LogP contribution in [0.3, 0.4) is 0 Å². The van der Waals surface area contributed by atoms with E-state index in [1.807, 2.05) is 6.92 Å². The summed E-state index contributed by atoms with van der Waals surface area (Å²) in [7, 11) is 0. The van der Waals surface area contributed by atoms with E-state index in [1.165, 1.54) is 12.1 Å². The van der Waals surface area contributed by atoms with Crippen molar-refractivity contribution >= 4 is 11.9 Å². The Bertz CT molecular complexity index is 530. The lowest BCUT2D eigenvalue weighted by molar-refractivity contribution is 0.0694. The number of carboxylic acid groups (broad SMARTS) is 1. The molecule has 0 aromatic carbocycles. The van der Waals surface area contributed by atoms with Gasteiger partial charge in [0.1, 0.15) is 5.69 Å². The van der Waals surface area contributed by atoms with Gasteiger partial charge in [0.25, 0.3) is 5.91 Å². The van der Waals surface area contributed by atoms with Gasteiger partial charge in [-0.3, -0.25) is 4.79 Å². The van der Waals surface area contributed by atoms with Gasteiger partial charge in [-0.25, -0.2) is 9.78 Å². The van der Waals surface area contributed by atoms with Crippen LogP contribution in [0.15, 0.2) is 12.1 Å². The summed E-state index contributed by atoms with van der Waals surface area (Å²) in [5, 5.41) is 11.7. The minimum absolute atomic E-state index is 0.111. The molecule has 20 heavy (non-hydrogen) atoms. The third kappa shape index (κ3) is 3.14. The third-order valence-corrected chi connectivity index (χ3v) is 3.61. The Hall–Kier alpha value is -1.95. The summed E-state index contributed by atoms with van der Waals surface area (Å²) in [6.07, 6.45) is 1.09. The molecule has 1 saturated heterocycles. The molecule has 2 N–H and O–H groups in total. The highest BCUT2D eigenvalue weighted by molar-refractivity contribution is 5.94. The van der Waals surface area contributed by atoms with Crippen molar-refractivity contribution in [1.29, 1.82) is 0 Å². The predicted molar refractivity (Wildman–Crippen MR) is 71.8 cm³/mol. The van der Waals surface area contributed by atoms with E-state index in [2.05, 4.69) is 10.3 Å². The fourth-order valence-corrected chi connectivity index (χ4v) is 2.27. The quantitative estimate of drug-likeness (QED) is 0.865. The third-order valence-electron chi connectivity index (χ3n) is 3.61. The molecule has 6 nitrogen and oxygen atoms in total. The van der Waals surface area contributed by atoms with Gasteiger partial charge in [-0.1, -0.05) is 0 Å². The van der Waals surface area contributed by atoms with Crippen molar-refractivity contribution in [2.24, 2.45) is 5.92 Å². The number of hydrogen-bond donors (Lipinski definition) is 2. The van der Waals surface area contributed by atoms with Gasteiger partial charge in [-0.15, -0.1) is 0 Å². The Morgan fingerprint density at radius 3 is 2.80 bits per heavy atom. The molecule has 0 radical (unpaired) electrons. The first-order chi connectivity index (χ1) is 9.49. The summed E-state index contributed by atoms with van der Waals surface area (Å²) in [4.78, 5) is 26.9. The van der Waals surface area contributed by atoms with Gasteiger partial charge in [0.15, 0.2) is 0 Å². The van der Waals surface area contributed by atoms with Crippen LogP contribution in [0.1, 0.15) is 39.9 Å². The maximum Gasteiger partial charge on any atom is 0.337 e. The lowest BCUT2D eigenvalue weighted by atomic mass is 10.0. The number of nitrogens with zero attached hydrogens (tertiary/aromatic N) is 1. The fraction of sp³-hybridized carbons (Fsp3) is 0.500. The lowest BCUT2D eigenvalue weighted by Crippen LogP contribution is -2.32. The summed E-state index contributed by atoms with van der Waals surface area (Å²) in [5.41, 5.74) is 0.682. The first-order valence-electron chi connectivity index (χ1n) is 6.59. The maximum atomic E-state index is 12.0. The van der Waals surface area contributed by atoms with E-state index in [4.69, 9.17) is 9.84 Å². The number of pyridine rings is 1. The van der Waals surface area contributed by atoms with Crippen LogP contribution in [0.5, 0.6) is 0 Å². The molecule has 2 heterocycles. The molecule has 1 fully saturated rings. The predicted octanol–water partition coefficient (Wildman–Crippen LogP) is 1.24. The minimum atomic E-state index is -1.04. The first-order valence-corrected chi connectivity index (χ1v) is 6.59. The number of ether oxygens (including phenoxy) is 1. The molecule has 1 aromatic rings. The van der Waals surface area contributed by atoms with Crippen LogP contribution in [-0.2, 0) is 4.74 Å². The molecule has 6 heteroatoms. The lowest BCUT2D eigenvalue weighted by Gasteiger charge is -2.14. The molecule has 0 saturated carbocycles. The zero-order valence-electron chi connectivity index (χ0n) is 11.5. The smallest absolute Gasteiger partial charge is 0.337 e. The van der Waals surface area contributed by atoms with Crippen LogP contribution < -0.4 is 5.32 Å². The Kier molecular flexibility index (Phi) is 4.34. The largest absolute Gasteiger partial charge is 0.478 e. The van der Waals surface area contributed by atoms with Crippen LogP contribution in [-0.4, -0.2) is 41.2 Å². The standard InChI is InChI=1S/C14H18N2O4/c1-8-11(14(18)19)3-4-12(16-8)13(17)15-7-10-5-6-20-9(10)2/h3-4,9-10H,5-7H2,1-2H3,(H,15,17)(H,18,19). The van der Waals surface area contributed by atoms with E-state index >= 15 is 0 Å². The summed E-state index contributed by atoms with van der Waals surface area (Å²) < 4.78 is 5.43. The van der Waals surface area contributed by atoms with Crippen molar-refractivity contribution in [3.05, 3.63) is 29.1 Å². The van der Waals surface area contributed by atoms with E-state index < -0.39 is 5.97 Å². The van der Waals surface area contributed by atoms with Crippen molar-refractivity contribution in [3.63, 3.8) is 0 Å². The van der Waals surface area contributed by atoms with E-state index in [0.717, 1.165) is 13.0 Å². The van der Waals surface area contributed by atoms with Gasteiger partial charge >= 0.3 is 5.97 Å². The molecule has 0 aliphatic carbocycles. The molecular weight excluding hydrogens is 260 g/mol. The number of aromatic carboxylic acids is 1. The van der Waals surface area contributed by atoms with Gasteiger partial charge < -0.3 is 15.2 Å². The van der Waals surface area contributed by atoms with E-state index in [1.54, 1.807) is 6.92 Å². The van der Waals surface area contributed by atoms with E-state index in [-0.39, 0.29) is 23.3 Å². The number of aromatic nitrogens is 1. The van der Waals surface area contributed by atoms with Gasteiger partial charge in [0, 0.05) is 19.1 Å². The average molecular weight is 278 g/mol. The number of carbonyl (C=O) groups is 2. The monoisotopic (exact) mass is 278 g/mol. The fourth-order valence-electron chi connectivity index (χ4n) is 2.27. The second-order valence-corrected chi connectivity index (χ2v) is 4.97. The number of carbonyl (C=O) groups excluding carboxylic acids is 1. The van der Waals surface area contributed by atoms with Crippen LogP contribution in [0, 0.1) is 12.8 Å². The molecule has 2 atom stereocenters. The molecule has 108 valence electrons. The van der Waals surface area contributed by atoms with Crippen molar-refractivity contribution in [2.45, 2.75) is 26.4 Å². The summed E-state index contributed by atoms with van der Waals surface area (Å²) in [5.74, 6) is -1.01. The Morgan fingerprint density at radius 1 is 1.50 bits per heavy atom. The van der Waals surface area contributed by atoms with E-state index in [0.29, 0.717) is 18.2 Å². The van der Waals surface area contributed by atoms with Gasteiger partial charge in [0.05, 0.1) is 17.4 Å². The van der Waals surface area contributed by atoms with Crippen molar-refractivity contribution < 1.29 is 19.4 Å². The highest BCUT2D eigenvalue weighted by Crippen LogP contribution is 2.19. The van der Waals surface area contributed by atoms with Gasteiger partial charge in [-0.2, -0.15) is 0 Å². The highest BCUT2D eigenvalue weighted by Gasteiger charge is 2.24. The van der Waals surface area contributed by atoms with Crippen LogP contribution in [0.25, 0.3) is 0 Å². The average Bonchev–Trinajstić information content (AvgIpc) is 2.81. The van der Waals surface area contributed by atoms with Crippen LogP contribution in [0.2, 0.25) is 0 Å². The molecule has 0 spiro atoms. The number of carboxylic acids is 1. The molecule has 1 amide bonds. The molecule has 1 aliphatic rings. The Labute approximate surface area is 117 Å². The van der Waals surface area contributed by atoms with Crippen molar-refractivity contribution in [2.75, 3.05) is 13.2 Å². The summed E-state index contributed by atoms with van der Waals surface area (Å²) in [6.45, 7) is 4.84. The normalized spacial score (nSPS) is 21.7. The molecule has 1 aliphatic heterocycles. The van der Waals surface area contributed by atoms with Crippen LogP contribution in [0.4, 0.5) is 0 Å². The number of aryl methyl sites for hydroxylation is 1. The SMILES string of the molecule is Cc1nc(C(=O)NCC2CCOC2C)ccc1C(=O)O. The maximum absolute atomic E-state index is 12.0. The molecule has 0 bridgehead atoms. The number of rotatable bonds is 4. The van der Waals surface area contributed by atoms with Crippen molar-refractivity contribution in [3.8, 4) is 0 Å². The Morgan fingerprint density at radius 2 is 2.25 bits per heavy atom. The number of hydrogen-bond acceptors (Lipinski definition) is 4. The van der Waals surface area contributed by atoms with Crippen LogP contribution >= 0.6 is 0 Å². The second-order valence-electron chi connectivity index (χ2n) is 4.97. The molecular formula is C14H18N2O4. The highest BCUT2D eigenvalue weighted by atomic mass is 16.5. The van der Waals surface area contributed by atoms with E-state index in [9.17, 15) is 9.59 Å². The first kappa shape index (κ1) is 14.5. The topological polar surface area (TPSA) is 88.5 Å².